The first-order chi connectivity index (χ1) is 12.4. The summed E-state index contributed by atoms with van der Waals surface area (Å²) in [5, 5.41) is 0. The molecular formula is C23H28O3. The van der Waals surface area contributed by atoms with Crippen molar-refractivity contribution >= 4 is 11.8 Å². The minimum Gasteiger partial charge on any atom is -0.458 e. The second-order valence-electron chi connectivity index (χ2n) is 10.3. The summed E-state index contributed by atoms with van der Waals surface area (Å²) in [5.74, 6) is 2.99. The fourth-order valence-corrected chi connectivity index (χ4v) is 7.96. The Kier molecular flexibility index (Phi) is 2.73. The standard InChI is InChI=1S/C23H28O3/c1-21-7-3-13(24)11-18(21)14-12-15(14)20-16(21)4-8-22(2)17(20)5-9-23(22)10-6-19(25)26-23/h4,11,14-15,17,20H,3,5-10,12H2,1-2H3. The van der Waals surface area contributed by atoms with E-state index in [4.69, 9.17) is 4.74 Å². The maximum Gasteiger partial charge on any atom is 0.306 e. The summed E-state index contributed by atoms with van der Waals surface area (Å²) in [7, 11) is 0. The molecule has 138 valence electrons. The van der Waals surface area contributed by atoms with Gasteiger partial charge in [-0.1, -0.05) is 31.1 Å². The van der Waals surface area contributed by atoms with Gasteiger partial charge in [-0.2, -0.15) is 0 Å². The molecule has 1 heterocycles. The van der Waals surface area contributed by atoms with Crippen molar-refractivity contribution in [2.24, 2.45) is 34.5 Å². The largest absolute Gasteiger partial charge is 0.458 e. The fourth-order valence-electron chi connectivity index (χ4n) is 7.96. The smallest absolute Gasteiger partial charge is 0.306 e. The van der Waals surface area contributed by atoms with E-state index in [-0.39, 0.29) is 22.4 Å². The fraction of sp³-hybridized carbons (Fsp3) is 0.739. The molecule has 0 aromatic carbocycles. The van der Waals surface area contributed by atoms with Crippen molar-refractivity contribution in [2.45, 2.75) is 70.8 Å². The van der Waals surface area contributed by atoms with Crippen LogP contribution in [0.5, 0.6) is 0 Å². The number of ketones is 1. The maximum atomic E-state index is 12.1. The van der Waals surface area contributed by atoms with Crippen LogP contribution in [0, 0.1) is 34.5 Å². The molecule has 0 radical (unpaired) electrons. The van der Waals surface area contributed by atoms with Crippen LogP contribution in [0.25, 0.3) is 0 Å². The van der Waals surface area contributed by atoms with Crippen molar-refractivity contribution in [1.29, 1.82) is 0 Å². The molecule has 0 bridgehead atoms. The predicted molar refractivity (Wildman–Crippen MR) is 97.1 cm³/mol. The Bertz CT molecular complexity index is 806. The Morgan fingerprint density at radius 3 is 2.69 bits per heavy atom. The van der Waals surface area contributed by atoms with E-state index in [9.17, 15) is 9.59 Å². The highest BCUT2D eigenvalue weighted by atomic mass is 16.6. The molecule has 3 saturated carbocycles. The molecule has 26 heavy (non-hydrogen) atoms. The summed E-state index contributed by atoms with van der Waals surface area (Å²) in [5.41, 5.74) is 3.09. The van der Waals surface area contributed by atoms with Crippen molar-refractivity contribution in [2.75, 3.05) is 0 Å². The maximum absolute atomic E-state index is 12.1. The SMILES string of the molecule is CC12CCC(=O)C=C1C1CC1C1C2=CCC2(C)C1CCC21CCC(=O)O1. The molecule has 1 aliphatic heterocycles. The van der Waals surface area contributed by atoms with Crippen molar-refractivity contribution in [1.82, 2.24) is 0 Å². The van der Waals surface area contributed by atoms with Crippen LogP contribution in [0.3, 0.4) is 0 Å². The van der Waals surface area contributed by atoms with E-state index < -0.39 is 0 Å². The lowest BCUT2D eigenvalue weighted by atomic mass is 9.50. The third-order valence-electron chi connectivity index (χ3n) is 9.46. The lowest BCUT2D eigenvalue weighted by Crippen LogP contribution is -2.51. The quantitative estimate of drug-likeness (QED) is 0.480. The summed E-state index contributed by atoms with van der Waals surface area (Å²) >= 11 is 0. The first-order valence-corrected chi connectivity index (χ1v) is 10.6. The van der Waals surface area contributed by atoms with Gasteiger partial charge in [-0.25, -0.2) is 0 Å². The van der Waals surface area contributed by atoms with Gasteiger partial charge in [0, 0.05) is 23.7 Å². The van der Waals surface area contributed by atoms with Gasteiger partial charge in [0.1, 0.15) is 5.60 Å². The van der Waals surface area contributed by atoms with E-state index in [1.807, 2.05) is 6.08 Å². The van der Waals surface area contributed by atoms with Crippen LogP contribution in [0.4, 0.5) is 0 Å². The van der Waals surface area contributed by atoms with Crippen LogP contribution >= 0.6 is 0 Å². The normalized spacial score (nSPS) is 53.9. The molecule has 6 rings (SSSR count). The van der Waals surface area contributed by atoms with E-state index in [0.29, 0.717) is 36.4 Å². The Balaban J connectivity index is 1.46. The Labute approximate surface area is 155 Å². The average Bonchev–Trinajstić information content (AvgIpc) is 3.23. The number of ether oxygens (including phenoxy) is 1. The first-order valence-electron chi connectivity index (χ1n) is 10.6. The summed E-state index contributed by atoms with van der Waals surface area (Å²) in [6.07, 6.45) is 12.3. The van der Waals surface area contributed by atoms with E-state index in [0.717, 1.165) is 31.6 Å². The lowest BCUT2D eigenvalue weighted by Gasteiger charge is -2.54. The van der Waals surface area contributed by atoms with Gasteiger partial charge in [0.2, 0.25) is 0 Å². The van der Waals surface area contributed by atoms with E-state index >= 15 is 0 Å². The zero-order valence-corrected chi connectivity index (χ0v) is 15.8. The minimum atomic E-state index is -0.208. The number of hydrogen-bond acceptors (Lipinski definition) is 3. The summed E-state index contributed by atoms with van der Waals surface area (Å²) < 4.78 is 6.03. The monoisotopic (exact) mass is 352 g/mol. The Morgan fingerprint density at radius 2 is 1.92 bits per heavy atom. The number of fused-ring (bicyclic) bond motifs is 9. The van der Waals surface area contributed by atoms with Crippen LogP contribution in [0.2, 0.25) is 0 Å². The summed E-state index contributed by atoms with van der Waals surface area (Å²) in [6, 6.07) is 0. The average molecular weight is 352 g/mol. The van der Waals surface area contributed by atoms with Crippen LogP contribution < -0.4 is 0 Å². The molecule has 1 spiro atoms. The van der Waals surface area contributed by atoms with Gasteiger partial charge in [-0.05, 0) is 68.3 Å². The van der Waals surface area contributed by atoms with Gasteiger partial charge in [0.25, 0.3) is 0 Å². The molecule has 0 N–H and O–H groups in total. The molecular weight excluding hydrogens is 324 g/mol. The second kappa shape index (κ2) is 4.54. The third kappa shape index (κ3) is 1.63. The van der Waals surface area contributed by atoms with Crippen LogP contribution in [0.15, 0.2) is 23.3 Å². The van der Waals surface area contributed by atoms with Crippen LogP contribution in [-0.4, -0.2) is 17.4 Å². The Hall–Kier alpha value is -1.38. The number of allylic oxidation sites excluding steroid dienone is 4. The van der Waals surface area contributed by atoms with E-state index in [1.165, 1.54) is 18.4 Å². The van der Waals surface area contributed by atoms with Crippen molar-refractivity contribution in [3.05, 3.63) is 23.3 Å². The lowest BCUT2D eigenvalue weighted by molar-refractivity contribution is -0.160. The van der Waals surface area contributed by atoms with E-state index in [2.05, 4.69) is 19.9 Å². The highest BCUT2D eigenvalue weighted by Crippen LogP contribution is 2.74. The van der Waals surface area contributed by atoms with Gasteiger partial charge in [0.15, 0.2) is 5.78 Å². The highest BCUT2D eigenvalue weighted by Gasteiger charge is 2.69. The van der Waals surface area contributed by atoms with Gasteiger partial charge < -0.3 is 4.74 Å². The topological polar surface area (TPSA) is 43.4 Å². The van der Waals surface area contributed by atoms with Gasteiger partial charge >= 0.3 is 5.97 Å². The van der Waals surface area contributed by atoms with Crippen LogP contribution in [0.1, 0.15) is 65.2 Å². The molecule has 3 nitrogen and oxygen atoms in total. The van der Waals surface area contributed by atoms with Gasteiger partial charge in [-0.3, -0.25) is 9.59 Å². The molecule has 0 aromatic heterocycles. The first kappa shape index (κ1) is 15.7. The zero-order chi connectivity index (χ0) is 17.9. The molecule has 1 saturated heterocycles. The molecule has 3 heteroatoms. The van der Waals surface area contributed by atoms with E-state index in [1.54, 1.807) is 5.57 Å². The number of esters is 1. The van der Waals surface area contributed by atoms with Crippen molar-refractivity contribution in [3.8, 4) is 0 Å². The number of rotatable bonds is 0. The number of hydrogen-bond donors (Lipinski definition) is 0. The minimum absolute atomic E-state index is 0.0116. The second-order valence-corrected chi connectivity index (χ2v) is 10.3. The molecule has 0 aromatic rings. The molecule has 0 amide bonds. The van der Waals surface area contributed by atoms with Gasteiger partial charge in [-0.15, -0.1) is 0 Å². The molecule has 7 unspecified atom stereocenters. The number of carbonyl (C=O) groups excluding carboxylic acids is 2. The Morgan fingerprint density at radius 1 is 1.08 bits per heavy atom. The van der Waals surface area contributed by atoms with Gasteiger partial charge in [0.05, 0.1) is 0 Å². The molecule has 5 aliphatic carbocycles. The highest BCUT2D eigenvalue weighted by molar-refractivity contribution is 5.92. The van der Waals surface area contributed by atoms with Crippen LogP contribution in [-0.2, 0) is 14.3 Å². The van der Waals surface area contributed by atoms with Crippen molar-refractivity contribution < 1.29 is 14.3 Å². The number of carbonyl (C=O) groups is 2. The molecule has 7 atom stereocenters. The molecule has 4 fully saturated rings. The molecule has 6 aliphatic rings. The zero-order valence-electron chi connectivity index (χ0n) is 15.8. The predicted octanol–water partition coefficient (Wildman–Crippen LogP) is 4.37. The summed E-state index contributed by atoms with van der Waals surface area (Å²) in [4.78, 5) is 24.0. The third-order valence-corrected chi connectivity index (χ3v) is 9.46. The summed E-state index contributed by atoms with van der Waals surface area (Å²) in [6.45, 7) is 4.81. The van der Waals surface area contributed by atoms with Crippen molar-refractivity contribution in [3.63, 3.8) is 0 Å².